The molecule has 7 aliphatic rings. The summed E-state index contributed by atoms with van der Waals surface area (Å²) in [7, 11) is 2.13. The van der Waals surface area contributed by atoms with E-state index < -0.39 is 35.3 Å². The Morgan fingerprint density at radius 2 is 1.71 bits per heavy atom. The van der Waals surface area contributed by atoms with Crippen LogP contribution >= 0.6 is 0 Å². The summed E-state index contributed by atoms with van der Waals surface area (Å²) < 4.78 is 15.5. The van der Waals surface area contributed by atoms with Crippen LogP contribution in [-0.2, 0) is 9.59 Å². The fourth-order valence-corrected chi connectivity index (χ4v) is 9.08. The molecule has 2 aromatic carbocycles. The number of aromatic hydroxyl groups is 1. The third-order valence-corrected chi connectivity index (χ3v) is 12.3. The van der Waals surface area contributed by atoms with Gasteiger partial charge in [0.05, 0.1) is 22.9 Å². The van der Waals surface area contributed by atoms with E-state index in [1.807, 2.05) is 12.1 Å². The van der Waals surface area contributed by atoms with Crippen LogP contribution in [0.5, 0.6) is 5.75 Å². The number of allylic oxidation sites excluding steroid dienone is 1. The van der Waals surface area contributed by atoms with Crippen LogP contribution in [0.25, 0.3) is 5.70 Å². The van der Waals surface area contributed by atoms with E-state index in [4.69, 9.17) is 11.5 Å². The summed E-state index contributed by atoms with van der Waals surface area (Å²) in [5, 5.41) is 15.4. The molecule has 0 spiro atoms. The average Bonchev–Trinajstić information content (AvgIpc) is 3.69. The summed E-state index contributed by atoms with van der Waals surface area (Å²) in [6.07, 6.45) is 4.26. The second kappa shape index (κ2) is 14.5. The minimum absolute atomic E-state index is 0.0898. The van der Waals surface area contributed by atoms with E-state index in [1.165, 1.54) is 6.42 Å². The lowest BCUT2D eigenvalue weighted by molar-refractivity contribution is -0.136. The Labute approximate surface area is 319 Å². The van der Waals surface area contributed by atoms with Gasteiger partial charge < -0.3 is 36.6 Å². The highest BCUT2D eigenvalue weighted by molar-refractivity contribution is 6.23. The first-order chi connectivity index (χ1) is 26.4. The van der Waals surface area contributed by atoms with Gasteiger partial charge in [0.2, 0.25) is 11.8 Å². The largest absolute Gasteiger partial charge is 0.507 e. The maximum Gasteiger partial charge on any atom is 0.262 e. The molecule has 15 heteroatoms. The number of amides is 4. The zero-order valence-electron chi connectivity index (χ0n) is 31.2. The second-order valence-electron chi connectivity index (χ2n) is 16.2. The number of likely N-dealkylation sites (N-methyl/N-ethyl adjacent to an activating group) is 1. The number of piperazine rings is 1. The van der Waals surface area contributed by atoms with Crippen molar-refractivity contribution >= 4 is 35.0 Å². The summed E-state index contributed by atoms with van der Waals surface area (Å²) in [6, 6.07) is 11.6. The highest BCUT2D eigenvalue weighted by Crippen LogP contribution is 2.46. The van der Waals surface area contributed by atoms with Gasteiger partial charge in [-0.15, -0.1) is 0 Å². The number of rotatable bonds is 6. The van der Waals surface area contributed by atoms with Crippen molar-refractivity contribution in [1.82, 2.24) is 30.2 Å². The molecule has 292 valence electrons. The van der Waals surface area contributed by atoms with Crippen LogP contribution in [0.3, 0.4) is 0 Å². The number of phenols is 1. The molecule has 6 heterocycles. The van der Waals surface area contributed by atoms with Crippen molar-refractivity contribution in [3.05, 3.63) is 76.7 Å². The van der Waals surface area contributed by atoms with E-state index in [2.05, 4.69) is 37.3 Å². The van der Waals surface area contributed by atoms with Gasteiger partial charge in [-0.05, 0) is 68.1 Å². The minimum Gasteiger partial charge on any atom is -0.507 e. The molecule has 1 aliphatic carbocycles. The summed E-state index contributed by atoms with van der Waals surface area (Å²) in [4.78, 5) is 59.5. The number of hydrogen-bond donors (Lipinski definition) is 5. The van der Waals surface area contributed by atoms with E-state index >= 15 is 4.39 Å². The van der Waals surface area contributed by atoms with Crippen molar-refractivity contribution in [1.29, 1.82) is 0 Å². The van der Waals surface area contributed by atoms with Crippen molar-refractivity contribution in [2.24, 2.45) is 23.3 Å². The SMILES string of the molecule is CN1CCN2C(/C=C(\N)c3ccccc3O)=C(N)NCC2C1.O=C1CCC(N2C(=O)c3ccc(N4CCC(F)(CN5CC6CC6C5)CC4)cc3C2=O)C(=O)N1. The monoisotopic (exact) mass is 755 g/mol. The summed E-state index contributed by atoms with van der Waals surface area (Å²) in [6.45, 7) is 7.42. The number of imide groups is 2. The van der Waals surface area contributed by atoms with Gasteiger partial charge in [0.1, 0.15) is 23.3 Å². The molecule has 4 saturated heterocycles. The van der Waals surface area contributed by atoms with Crippen molar-refractivity contribution in [2.45, 2.75) is 49.9 Å². The van der Waals surface area contributed by atoms with Crippen LogP contribution in [0.4, 0.5) is 10.1 Å². The Kier molecular flexibility index (Phi) is 9.70. The molecule has 0 radical (unpaired) electrons. The normalized spacial score (nSPS) is 27.9. The Morgan fingerprint density at radius 1 is 0.982 bits per heavy atom. The number of fused-ring (bicyclic) bond motifs is 3. The first kappa shape index (κ1) is 36.8. The number of nitrogens with two attached hydrogens (primary N) is 2. The van der Waals surface area contributed by atoms with E-state index in [9.17, 15) is 24.3 Å². The van der Waals surface area contributed by atoms with E-state index in [0.29, 0.717) is 55.6 Å². The van der Waals surface area contributed by atoms with Gasteiger partial charge in [0.15, 0.2) is 0 Å². The number of carbonyl (C=O) groups is 4. The van der Waals surface area contributed by atoms with Crippen LogP contribution in [0.15, 0.2) is 60.1 Å². The van der Waals surface area contributed by atoms with Gasteiger partial charge >= 0.3 is 0 Å². The van der Waals surface area contributed by atoms with E-state index in [0.717, 1.165) is 67.4 Å². The molecule has 6 aliphatic heterocycles. The molecule has 0 bridgehead atoms. The van der Waals surface area contributed by atoms with Gasteiger partial charge in [0.25, 0.3) is 11.8 Å². The van der Waals surface area contributed by atoms with Crippen molar-refractivity contribution in [3.8, 4) is 5.75 Å². The molecule has 1 saturated carbocycles. The molecule has 9 rings (SSSR count). The Bertz CT molecular complexity index is 1950. The van der Waals surface area contributed by atoms with Gasteiger partial charge in [-0.3, -0.25) is 34.3 Å². The maximum absolute atomic E-state index is 15.5. The Hall–Kier alpha value is -5.15. The lowest BCUT2D eigenvalue weighted by Gasteiger charge is -2.45. The predicted octanol–water partition coefficient (Wildman–Crippen LogP) is 1.39. The number of halogens is 1. The quantitative estimate of drug-likeness (QED) is 0.268. The van der Waals surface area contributed by atoms with Crippen LogP contribution in [0.1, 0.15) is 58.4 Å². The highest BCUT2D eigenvalue weighted by atomic mass is 19.1. The molecular weight excluding hydrogens is 705 g/mol. The third-order valence-electron chi connectivity index (χ3n) is 12.3. The molecular formula is C40H50FN9O5. The fraction of sp³-hybridized carbons (Fsp3) is 0.500. The molecule has 7 N–H and O–H groups in total. The van der Waals surface area contributed by atoms with Gasteiger partial charge in [-0.1, -0.05) is 12.1 Å². The number of hydrogen-bond acceptors (Lipinski definition) is 12. The maximum atomic E-state index is 15.5. The third kappa shape index (κ3) is 7.34. The summed E-state index contributed by atoms with van der Waals surface area (Å²) in [5.74, 6) is 0.350. The second-order valence-corrected chi connectivity index (χ2v) is 16.2. The molecule has 4 atom stereocenters. The number of nitrogens with zero attached hydrogens (tertiary/aromatic N) is 5. The topological polar surface area (TPSA) is 181 Å². The number of benzene rings is 2. The standard InChI is InChI=1S/C24H27FN4O4.C16H23N5O/c25-24(13-27-11-14-9-15(14)12-27)5-7-28(8-6-24)16-1-2-17-18(10-16)23(33)29(22(17)32)19-3-4-20(30)26-21(19)31;1-20-6-7-21-11(10-20)9-19-16(18)14(21)8-13(17)12-4-2-3-5-15(12)22/h1-2,10,14-15,19H,3-9,11-13H2,(H,26,30,31);2-5,8,11,19,22H,6-7,9-10,17-18H2,1H3/b;13-8-. The number of para-hydroxylation sites is 1. The lowest BCUT2D eigenvalue weighted by atomic mass is 9.92. The van der Waals surface area contributed by atoms with Crippen LogP contribution < -0.4 is 27.0 Å². The molecule has 55 heavy (non-hydrogen) atoms. The van der Waals surface area contributed by atoms with Crippen LogP contribution in [-0.4, -0.2) is 132 Å². The average molecular weight is 756 g/mol. The van der Waals surface area contributed by atoms with Gasteiger partial charge in [-0.2, -0.15) is 0 Å². The molecule has 4 amide bonds. The van der Waals surface area contributed by atoms with Crippen LogP contribution in [0.2, 0.25) is 0 Å². The van der Waals surface area contributed by atoms with Gasteiger partial charge in [0, 0.05) is 95.1 Å². The van der Waals surface area contributed by atoms with Crippen molar-refractivity contribution in [2.75, 3.05) is 70.9 Å². The zero-order chi connectivity index (χ0) is 38.6. The Balaban J connectivity index is 0.000000169. The number of alkyl halides is 1. The number of phenolic OH excluding ortho intramolecular Hbond substituents is 1. The smallest absolute Gasteiger partial charge is 0.262 e. The number of carbonyl (C=O) groups excluding carboxylic acids is 4. The number of piperidine rings is 3. The number of likely N-dealkylation sites (tertiary alicyclic amines) is 1. The number of nitrogens with one attached hydrogen (secondary N) is 2. The first-order valence-electron chi connectivity index (χ1n) is 19.3. The van der Waals surface area contributed by atoms with Crippen molar-refractivity contribution < 1.29 is 28.7 Å². The van der Waals surface area contributed by atoms with Crippen molar-refractivity contribution in [3.63, 3.8) is 0 Å². The van der Waals surface area contributed by atoms with E-state index in [1.54, 1.807) is 36.4 Å². The molecule has 2 aromatic rings. The fourth-order valence-electron chi connectivity index (χ4n) is 9.08. The minimum atomic E-state index is -1.18. The van der Waals surface area contributed by atoms with E-state index in [-0.39, 0.29) is 29.7 Å². The lowest BCUT2D eigenvalue weighted by Crippen LogP contribution is -2.58. The summed E-state index contributed by atoms with van der Waals surface area (Å²) in [5.41, 5.74) is 14.5. The Morgan fingerprint density at radius 3 is 2.44 bits per heavy atom. The summed E-state index contributed by atoms with van der Waals surface area (Å²) >= 11 is 0. The molecule has 14 nitrogen and oxygen atoms in total. The predicted molar refractivity (Wildman–Crippen MR) is 204 cm³/mol. The first-order valence-corrected chi connectivity index (χ1v) is 19.3. The molecule has 5 fully saturated rings. The molecule has 4 unspecified atom stereocenters. The molecule has 0 aromatic heterocycles. The zero-order valence-corrected chi connectivity index (χ0v) is 31.2. The number of anilines is 1. The van der Waals surface area contributed by atoms with Gasteiger partial charge in [-0.25, -0.2) is 4.39 Å². The highest BCUT2D eigenvalue weighted by Gasteiger charge is 2.48. The van der Waals surface area contributed by atoms with Crippen LogP contribution in [0, 0.1) is 11.8 Å².